The van der Waals surface area contributed by atoms with E-state index in [1.807, 2.05) is 0 Å². The Morgan fingerprint density at radius 1 is 0.404 bits per heavy atom. The lowest BCUT2D eigenvalue weighted by atomic mass is 10.0. The Kier molecular flexibility index (Phi) is 37.5. The van der Waals surface area contributed by atoms with Crippen molar-refractivity contribution < 1.29 is 47.4 Å². The first kappa shape index (κ1) is 48.2. The predicted molar refractivity (Wildman–Crippen MR) is 208 cm³/mol. The molecule has 0 radical (unpaired) electrons. The number of carbonyl (C=O) groups is 1. The van der Waals surface area contributed by atoms with Crippen LogP contribution in [0.1, 0.15) is 122 Å². The molecule has 0 aliphatic carbocycles. The molecule has 0 saturated heterocycles. The van der Waals surface area contributed by atoms with Crippen molar-refractivity contribution in [2.75, 3.05) is 106 Å². The number of hydrogen-bond donors (Lipinski definition) is 0. The molecule has 0 aliphatic heterocycles. The normalized spacial score (nSPS) is 11.3. The van der Waals surface area contributed by atoms with Gasteiger partial charge in [-0.15, -0.1) is 0 Å². The number of ether oxygens (including phenoxy) is 9. The largest absolute Gasteiger partial charge is 0.491 e. The van der Waals surface area contributed by atoms with Crippen LogP contribution in [0.5, 0.6) is 5.75 Å². The maximum absolute atomic E-state index is 11.8. The quantitative estimate of drug-likeness (QED) is 0.0479. The summed E-state index contributed by atoms with van der Waals surface area (Å²) < 4.78 is 49.6. The van der Waals surface area contributed by atoms with Gasteiger partial charge in [-0.2, -0.15) is 0 Å². The van der Waals surface area contributed by atoms with Crippen LogP contribution >= 0.6 is 0 Å². The molecule has 1 aromatic rings. The number of hydrogen-bond acceptors (Lipinski definition) is 10. The molecule has 0 atom stereocenters. The molecule has 10 nitrogen and oxygen atoms in total. The second-order valence-electron chi connectivity index (χ2n) is 13.1. The molecule has 52 heavy (non-hydrogen) atoms. The van der Waals surface area contributed by atoms with E-state index < -0.39 is 0 Å². The predicted octanol–water partition coefficient (Wildman–Crippen LogP) is 8.55. The lowest BCUT2D eigenvalue weighted by Gasteiger charge is -2.09. The zero-order chi connectivity index (χ0) is 37.3. The molecular formula is C42H76O10. The maximum atomic E-state index is 11.8. The van der Waals surface area contributed by atoms with Gasteiger partial charge in [0.15, 0.2) is 0 Å². The fourth-order valence-electron chi connectivity index (χ4n) is 5.37. The summed E-state index contributed by atoms with van der Waals surface area (Å²) >= 11 is 0. The van der Waals surface area contributed by atoms with Crippen LogP contribution in [0.15, 0.2) is 24.3 Å². The summed E-state index contributed by atoms with van der Waals surface area (Å²) in [6.45, 7) is 12.3. The molecule has 0 bridgehead atoms. The summed E-state index contributed by atoms with van der Waals surface area (Å²) in [7, 11) is 0. The van der Waals surface area contributed by atoms with E-state index in [0.29, 0.717) is 112 Å². The van der Waals surface area contributed by atoms with Crippen LogP contribution in [0.2, 0.25) is 0 Å². The number of unbranched alkanes of at least 4 members (excludes halogenated alkanes) is 13. The molecule has 0 fully saturated rings. The second kappa shape index (κ2) is 40.4. The van der Waals surface area contributed by atoms with Crippen molar-refractivity contribution in [2.45, 2.75) is 123 Å². The van der Waals surface area contributed by atoms with E-state index >= 15 is 0 Å². The minimum Gasteiger partial charge on any atom is -0.491 e. The number of carbonyl (C=O) groups excluding carboxylic acids is 1. The Hall–Kier alpha value is -1.79. The van der Waals surface area contributed by atoms with Crippen molar-refractivity contribution in [2.24, 2.45) is 0 Å². The molecule has 0 heterocycles. The Labute approximate surface area is 317 Å². The van der Waals surface area contributed by atoms with E-state index in [0.717, 1.165) is 25.0 Å². The average molecular weight is 741 g/mol. The Balaban J connectivity index is 1.71. The number of esters is 1. The van der Waals surface area contributed by atoms with Crippen molar-refractivity contribution in [1.29, 1.82) is 0 Å². The van der Waals surface area contributed by atoms with Crippen molar-refractivity contribution in [3.63, 3.8) is 0 Å². The van der Waals surface area contributed by atoms with E-state index in [1.54, 1.807) is 0 Å². The molecule has 0 aliphatic rings. The van der Waals surface area contributed by atoms with Gasteiger partial charge in [0, 0.05) is 6.42 Å². The summed E-state index contributed by atoms with van der Waals surface area (Å²) in [6.07, 6.45) is 20.7. The SMILES string of the molecule is CCCCCCCCCCCC(=O)OCCOCCOCCOCCOCCOCCOCCOCCOc1ccc(CCCCCCCC)cc1. The molecule has 0 N–H and O–H groups in total. The van der Waals surface area contributed by atoms with Gasteiger partial charge in [-0.3, -0.25) is 4.79 Å². The van der Waals surface area contributed by atoms with Crippen LogP contribution < -0.4 is 4.74 Å². The number of benzene rings is 1. The maximum Gasteiger partial charge on any atom is 0.305 e. The highest BCUT2D eigenvalue weighted by atomic mass is 16.6. The summed E-state index contributed by atoms with van der Waals surface area (Å²) in [5, 5.41) is 0. The zero-order valence-electron chi connectivity index (χ0n) is 33.2. The Morgan fingerprint density at radius 3 is 1.17 bits per heavy atom. The summed E-state index contributed by atoms with van der Waals surface area (Å²) in [4.78, 5) is 11.8. The molecule has 0 saturated carbocycles. The lowest BCUT2D eigenvalue weighted by Crippen LogP contribution is -2.15. The minimum absolute atomic E-state index is 0.132. The molecule has 0 unspecified atom stereocenters. The van der Waals surface area contributed by atoms with Crippen molar-refractivity contribution >= 4 is 5.97 Å². The van der Waals surface area contributed by atoms with Gasteiger partial charge in [-0.1, -0.05) is 109 Å². The summed E-state index contributed by atoms with van der Waals surface area (Å²) in [5.41, 5.74) is 1.38. The third kappa shape index (κ3) is 35.3. The molecule has 1 aromatic carbocycles. The van der Waals surface area contributed by atoms with Gasteiger partial charge in [0.25, 0.3) is 0 Å². The topological polar surface area (TPSA) is 100 Å². The van der Waals surface area contributed by atoms with Crippen LogP contribution in [0, 0.1) is 0 Å². The highest BCUT2D eigenvalue weighted by molar-refractivity contribution is 5.69. The first-order valence-corrected chi connectivity index (χ1v) is 20.7. The zero-order valence-corrected chi connectivity index (χ0v) is 33.2. The molecule has 304 valence electrons. The van der Waals surface area contributed by atoms with Crippen LogP contribution in [0.4, 0.5) is 0 Å². The van der Waals surface area contributed by atoms with Gasteiger partial charge in [0.05, 0.1) is 92.5 Å². The standard InChI is InChI=1S/C42H76O10/c1-3-5-7-9-11-12-13-15-17-19-42(43)52-39-37-50-35-33-48-31-29-46-27-25-44-24-26-45-28-30-47-32-34-49-36-38-51-41-22-20-40(21-23-41)18-16-14-10-8-6-4-2/h20-23H,3-19,24-39H2,1-2H3. The molecule has 0 aromatic heterocycles. The van der Waals surface area contributed by atoms with E-state index in [1.165, 1.54) is 89.0 Å². The van der Waals surface area contributed by atoms with Gasteiger partial charge >= 0.3 is 5.97 Å². The first-order valence-electron chi connectivity index (χ1n) is 20.7. The van der Waals surface area contributed by atoms with E-state index in [4.69, 9.17) is 42.6 Å². The molecule has 1 rings (SSSR count). The lowest BCUT2D eigenvalue weighted by molar-refractivity contribution is -0.145. The monoisotopic (exact) mass is 741 g/mol. The number of aryl methyl sites for hydroxylation is 1. The van der Waals surface area contributed by atoms with Crippen molar-refractivity contribution in [1.82, 2.24) is 0 Å². The smallest absolute Gasteiger partial charge is 0.305 e. The fourth-order valence-corrected chi connectivity index (χ4v) is 5.37. The van der Waals surface area contributed by atoms with Crippen molar-refractivity contribution in [3.05, 3.63) is 29.8 Å². The molecule has 0 amide bonds. The molecule has 0 spiro atoms. The van der Waals surface area contributed by atoms with Crippen LogP contribution in [-0.4, -0.2) is 112 Å². The van der Waals surface area contributed by atoms with Crippen LogP contribution in [-0.2, 0) is 49.1 Å². The van der Waals surface area contributed by atoms with Gasteiger partial charge in [0.2, 0.25) is 0 Å². The third-order valence-corrected chi connectivity index (χ3v) is 8.45. The highest BCUT2D eigenvalue weighted by Crippen LogP contribution is 2.15. The highest BCUT2D eigenvalue weighted by Gasteiger charge is 2.03. The second-order valence-corrected chi connectivity index (χ2v) is 13.1. The average Bonchev–Trinajstić information content (AvgIpc) is 3.16. The van der Waals surface area contributed by atoms with E-state index in [9.17, 15) is 4.79 Å². The first-order chi connectivity index (χ1) is 25.8. The molecule has 10 heteroatoms. The van der Waals surface area contributed by atoms with Gasteiger partial charge in [0.1, 0.15) is 19.0 Å². The van der Waals surface area contributed by atoms with Crippen molar-refractivity contribution in [3.8, 4) is 5.75 Å². The Bertz CT molecular complexity index is 854. The van der Waals surface area contributed by atoms with Gasteiger partial charge < -0.3 is 42.6 Å². The Morgan fingerprint density at radius 2 is 0.750 bits per heavy atom. The minimum atomic E-state index is -0.132. The third-order valence-electron chi connectivity index (χ3n) is 8.45. The van der Waals surface area contributed by atoms with Crippen LogP contribution in [0.25, 0.3) is 0 Å². The van der Waals surface area contributed by atoms with Crippen LogP contribution in [0.3, 0.4) is 0 Å². The molecular weight excluding hydrogens is 664 g/mol. The van der Waals surface area contributed by atoms with E-state index in [-0.39, 0.29) is 5.97 Å². The van der Waals surface area contributed by atoms with Gasteiger partial charge in [-0.25, -0.2) is 0 Å². The number of rotatable bonds is 42. The van der Waals surface area contributed by atoms with E-state index in [2.05, 4.69) is 38.1 Å². The summed E-state index contributed by atoms with van der Waals surface area (Å²) in [6, 6.07) is 8.44. The van der Waals surface area contributed by atoms with Gasteiger partial charge in [-0.05, 0) is 37.0 Å². The summed E-state index contributed by atoms with van der Waals surface area (Å²) in [5.74, 6) is 0.753. The fraction of sp³-hybridized carbons (Fsp3) is 0.833.